The van der Waals surface area contributed by atoms with E-state index in [1.165, 1.54) is 36.1 Å². The molecule has 184 valence electrons. The van der Waals surface area contributed by atoms with Crippen molar-refractivity contribution >= 4 is 28.1 Å². The second kappa shape index (κ2) is 8.45. The predicted octanol–water partition coefficient (Wildman–Crippen LogP) is 3.04. The molecule has 0 radical (unpaired) electrons. The molecule has 6 rings (SSSR count). The highest BCUT2D eigenvalue weighted by atomic mass is 35.5. The fraction of sp³-hybridized carbons (Fsp3) is 0.538. The number of aromatic amines is 1. The first-order chi connectivity index (χ1) is 16.8. The lowest BCUT2D eigenvalue weighted by Crippen LogP contribution is -2.66. The van der Waals surface area contributed by atoms with E-state index in [2.05, 4.69) is 37.2 Å². The third kappa shape index (κ3) is 3.96. The van der Waals surface area contributed by atoms with Crippen LogP contribution >= 0.6 is 11.6 Å². The van der Waals surface area contributed by atoms with Gasteiger partial charge in [-0.1, -0.05) is 17.7 Å². The van der Waals surface area contributed by atoms with Gasteiger partial charge in [-0.2, -0.15) is 10.2 Å². The van der Waals surface area contributed by atoms with Crippen molar-refractivity contribution in [3.63, 3.8) is 0 Å². The van der Waals surface area contributed by atoms with Gasteiger partial charge in [0.1, 0.15) is 5.02 Å². The number of nitrogens with one attached hydrogen (secondary N) is 1. The van der Waals surface area contributed by atoms with Crippen LogP contribution in [0.3, 0.4) is 0 Å². The number of aryl methyl sites for hydroxylation is 3. The van der Waals surface area contributed by atoms with Crippen LogP contribution in [0.4, 0.5) is 5.69 Å². The van der Waals surface area contributed by atoms with Gasteiger partial charge in [-0.25, -0.2) is 9.78 Å². The van der Waals surface area contributed by atoms with Crippen molar-refractivity contribution in [2.24, 2.45) is 12.5 Å². The van der Waals surface area contributed by atoms with E-state index in [1.54, 1.807) is 13.2 Å². The molecular weight excluding hydrogens is 464 g/mol. The summed E-state index contributed by atoms with van der Waals surface area (Å²) < 4.78 is 1.43. The fourth-order valence-corrected chi connectivity index (χ4v) is 6.49. The molecule has 1 aliphatic heterocycles. The highest BCUT2D eigenvalue weighted by molar-refractivity contribution is 6.31. The van der Waals surface area contributed by atoms with E-state index in [0.29, 0.717) is 17.5 Å². The smallest absolute Gasteiger partial charge is 0.283 e. The average Bonchev–Trinajstić information content (AvgIpc) is 3.62. The first kappa shape index (κ1) is 22.7. The van der Waals surface area contributed by atoms with E-state index in [0.717, 1.165) is 54.4 Å². The van der Waals surface area contributed by atoms with Crippen LogP contribution < -0.4 is 16.0 Å². The third-order valence-corrected chi connectivity index (χ3v) is 8.57. The van der Waals surface area contributed by atoms with Crippen molar-refractivity contribution in [2.45, 2.75) is 57.5 Å². The molecule has 3 aromatic rings. The van der Waals surface area contributed by atoms with Gasteiger partial charge in [0.25, 0.3) is 11.1 Å². The summed E-state index contributed by atoms with van der Waals surface area (Å²) >= 11 is 6.10. The Bertz CT molecular complexity index is 1400. The molecule has 2 saturated carbocycles. The van der Waals surface area contributed by atoms with E-state index in [1.807, 2.05) is 13.1 Å². The van der Waals surface area contributed by atoms with Gasteiger partial charge < -0.3 is 9.80 Å². The van der Waals surface area contributed by atoms with Crippen LogP contribution in [-0.2, 0) is 13.5 Å². The zero-order chi connectivity index (χ0) is 24.3. The Labute approximate surface area is 208 Å². The molecule has 0 atom stereocenters. The Morgan fingerprint density at radius 2 is 1.94 bits per heavy atom. The molecule has 3 heterocycles. The summed E-state index contributed by atoms with van der Waals surface area (Å²) in [5, 5.41) is 12.6. The molecule has 35 heavy (non-hydrogen) atoms. The van der Waals surface area contributed by atoms with Gasteiger partial charge in [0.05, 0.1) is 17.8 Å². The Hall–Kier alpha value is -2.71. The highest BCUT2D eigenvalue weighted by Crippen LogP contribution is 2.53. The second-order valence-electron chi connectivity index (χ2n) is 10.8. The standard InChI is InChI=1S/C26H31ClN6O2/c1-16-5-8-21(20-13-29-31(2)25(35)22(16)20)33(18-6-7-18)19-10-26(11-19)14-32(15-26)9-3-4-17-12-28-30-24(34)23(17)27/h5,8,12-13,18-19H,3-4,6-7,9-11,14-15H2,1-2H3,(H,30,34). The first-order valence-electron chi connectivity index (χ1n) is 12.5. The third-order valence-electron chi connectivity index (χ3n) is 8.15. The maximum absolute atomic E-state index is 12.8. The topological polar surface area (TPSA) is 87.1 Å². The number of H-pyrrole nitrogens is 1. The maximum atomic E-state index is 12.8. The number of aromatic nitrogens is 4. The Balaban J connectivity index is 1.10. The van der Waals surface area contributed by atoms with Crippen molar-refractivity contribution in [2.75, 3.05) is 24.5 Å². The number of nitrogens with zero attached hydrogens (tertiary/aromatic N) is 5. The van der Waals surface area contributed by atoms with E-state index in [9.17, 15) is 9.59 Å². The quantitative estimate of drug-likeness (QED) is 0.543. The molecule has 2 aliphatic carbocycles. The fourth-order valence-electron chi connectivity index (χ4n) is 6.30. The van der Waals surface area contributed by atoms with Crippen LogP contribution in [0.15, 0.2) is 34.1 Å². The summed E-state index contributed by atoms with van der Waals surface area (Å²) in [5.74, 6) is 0. The van der Waals surface area contributed by atoms with Gasteiger partial charge in [0, 0.05) is 43.3 Å². The van der Waals surface area contributed by atoms with Gasteiger partial charge >= 0.3 is 0 Å². The largest absolute Gasteiger partial charge is 0.365 e. The van der Waals surface area contributed by atoms with Crippen molar-refractivity contribution in [1.29, 1.82) is 0 Å². The van der Waals surface area contributed by atoms with Crippen molar-refractivity contribution in [3.8, 4) is 0 Å². The molecule has 3 aliphatic rings. The highest BCUT2D eigenvalue weighted by Gasteiger charge is 2.55. The van der Waals surface area contributed by atoms with E-state index >= 15 is 0 Å². The predicted molar refractivity (Wildman–Crippen MR) is 137 cm³/mol. The minimum absolute atomic E-state index is 0.0190. The van der Waals surface area contributed by atoms with Gasteiger partial charge in [0.2, 0.25) is 0 Å². The van der Waals surface area contributed by atoms with Gasteiger partial charge in [0.15, 0.2) is 0 Å². The molecule has 1 saturated heterocycles. The maximum Gasteiger partial charge on any atom is 0.283 e. The molecule has 9 heteroatoms. The summed E-state index contributed by atoms with van der Waals surface area (Å²) in [5.41, 5.74) is 3.11. The number of benzene rings is 1. The Morgan fingerprint density at radius 3 is 2.69 bits per heavy atom. The van der Waals surface area contributed by atoms with Crippen molar-refractivity contribution < 1.29 is 0 Å². The number of hydrogen-bond acceptors (Lipinski definition) is 6. The molecule has 2 aromatic heterocycles. The average molecular weight is 495 g/mol. The number of rotatable bonds is 7. The van der Waals surface area contributed by atoms with E-state index < -0.39 is 0 Å². The zero-order valence-corrected chi connectivity index (χ0v) is 21.0. The molecule has 8 nitrogen and oxygen atoms in total. The van der Waals surface area contributed by atoms with Crippen LogP contribution in [-0.4, -0.2) is 56.6 Å². The second-order valence-corrected chi connectivity index (χ2v) is 11.2. The van der Waals surface area contributed by atoms with Crippen LogP contribution in [0, 0.1) is 12.3 Å². The number of anilines is 1. The molecule has 0 amide bonds. The van der Waals surface area contributed by atoms with Crippen LogP contribution in [0.5, 0.6) is 0 Å². The molecule has 0 bridgehead atoms. The lowest BCUT2D eigenvalue weighted by atomic mass is 9.60. The van der Waals surface area contributed by atoms with Crippen molar-refractivity contribution in [1.82, 2.24) is 24.9 Å². The summed E-state index contributed by atoms with van der Waals surface area (Å²) in [6.07, 6.45) is 10.1. The molecule has 3 fully saturated rings. The van der Waals surface area contributed by atoms with E-state index in [4.69, 9.17) is 11.6 Å². The van der Waals surface area contributed by atoms with Crippen LogP contribution in [0.2, 0.25) is 5.02 Å². The molecular formula is C26H31ClN6O2. The molecule has 1 spiro atoms. The van der Waals surface area contributed by atoms with Crippen LogP contribution in [0.25, 0.3) is 10.8 Å². The molecule has 1 N–H and O–H groups in total. The first-order valence-corrected chi connectivity index (χ1v) is 12.9. The summed E-state index contributed by atoms with van der Waals surface area (Å²) in [7, 11) is 1.72. The number of halogens is 1. The Kier molecular flexibility index (Phi) is 5.49. The minimum atomic E-state index is -0.315. The lowest BCUT2D eigenvalue weighted by Gasteiger charge is -2.61. The monoisotopic (exact) mass is 494 g/mol. The molecule has 1 aromatic carbocycles. The minimum Gasteiger partial charge on any atom is -0.365 e. The summed E-state index contributed by atoms with van der Waals surface area (Å²) in [6, 6.07) is 5.40. The van der Waals surface area contributed by atoms with Crippen LogP contribution in [0.1, 0.15) is 43.2 Å². The number of fused-ring (bicyclic) bond motifs is 1. The number of hydrogen-bond donors (Lipinski definition) is 1. The molecule has 0 unspecified atom stereocenters. The summed E-state index contributed by atoms with van der Waals surface area (Å²) in [4.78, 5) is 29.6. The van der Waals surface area contributed by atoms with Gasteiger partial charge in [-0.05, 0) is 74.6 Å². The summed E-state index contributed by atoms with van der Waals surface area (Å²) in [6.45, 7) is 5.30. The number of likely N-dealkylation sites (tertiary alicyclic amines) is 1. The van der Waals surface area contributed by atoms with E-state index in [-0.39, 0.29) is 16.1 Å². The normalized spacial score (nSPS) is 19.6. The Morgan fingerprint density at radius 1 is 1.17 bits per heavy atom. The SMILES string of the molecule is Cc1ccc(N(C2CC2)C2CC3(C2)CN(CCCc2cn[nH]c(=O)c2Cl)C3)c2cnn(C)c(=O)c12. The lowest BCUT2D eigenvalue weighted by molar-refractivity contribution is -0.0726. The van der Waals surface area contributed by atoms with Gasteiger partial charge in [-0.3, -0.25) is 9.59 Å². The van der Waals surface area contributed by atoms with Gasteiger partial charge in [-0.15, -0.1) is 0 Å². The zero-order valence-electron chi connectivity index (χ0n) is 20.3. The van der Waals surface area contributed by atoms with Crippen molar-refractivity contribution in [3.05, 3.63) is 61.4 Å².